The Morgan fingerprint density at radius 3 is 2.62 bits per heavy atom. The quantitative estimate of drug-likeness (QED) is 0.422. The molecule has 2 unspecified atom stereocenters. The van der Waals surface area contributed by atoms with E-state index in [4.69, 9.17) is 9.84 Å². The Bertz CT molecular complexity index is 111. The maximum absolute atomic E-state index is 9.10. The third-order valence-corrected chi connectivity index (χ3v) is 1.40. The van der Waals surface area contributed by atoms with Crippen molar-refractivity contribution < 1.29 is 9.84 Å². The fourth-order valence-electron chi connectivity index (χ4n) is 0.693. The summed E-state index contributed by atoms with van der Waals surface area (Å²) >= 11 is 0. The van der Waals surface area contributed by atoms with Crippen molar-refractivity contribution in [1.29, 1.82) is 0 Å². The first-order chi connectivity index (χ1) is 3.69. The van der Waals surface area contributed by atoms with Crippen molar-refractivity contribution in [3.63, 3.8) is 0 Å². The second kappa shape index (κ2) is 1.57. The summed E-state index contributed by atoms with van der Waals surface area (Å²) in [7, 11) is 0. The lowest BCUT2D eigenvalue weighted by Gasteiger charge is -1.95. The molecule has 0 saturated carbocycles. The molecule has 1 N–H and O–H groups in total. The molecule has 1 saturated heterocycles. The molecule has 0 spiro atoms. The highest BCUT2D eigenvalue weighted by Gasteiger charge is 2.50. The van der Waals surface area contributed by atoms with E-state index in [0.717, 1.165) is 0 Å². The van der Waals surface area contributed by atoms with Gasteiger partial charge in [-0.3, -0.25) is 0 Å². The molecule has 0 radical (unpaired) electrons. The predicted octanol–water partition coefficient (Wildman–Crippen LogP) is 0.670. The Kier molecular flexibility index (Phi) is 1.14. The van der Waals surface area contributed by atoms with Crippen molar-refractivity contribution >= 4 is 0 Å². The van der Waals surface area contributed by atoms with E-state index < -0.39 is 5.79 Å². The minimum atomic E-state index is -0.859. The Morgan fingerprint density at radius 2 is 2.50 bits per heavy atom. The van der Waals surface area contributed by atoms with Crippen molar-refractivity contribution in [1.82, 2.24) is 0 Å². The number of aliphatic hydroxyl groups is 1. The van der Waals surface area contributed by atoms with Gasteiger partial charge in [-0.05, 0) is 6.92 Å². The number of hydrogen-bond acceptors (Lipinski definition) is 2. The summed E-state index contributed by atoms with van der Waals surface area (Å²) in [6, 6.07) is 0. The predicted molar refractivity (Wildman–Crippen MR) is 30.3 cm³/mol. The molecule has 0 aromatic carbocycles. The zero-order chi connectivity index (χ0) is 6.20. The molecular weight excluding hydrogens is 104 g/mol. The lowest BCUT2D eigenvalue weighted by atomic mass is 10.2. The molecule has 0 bridgehead atoms. The molecule has 1 heterocycles. The van der Waals surface area contributed by atoms with Crippen LogP contribution >= 0.6 is 0 Å². The molecule has 0 aromatic heterocycles. The lowest BCUT2D eigenvalue weighted by molar-refractivity contribution is 0.0396. The fourth-order valence-corrected chi connectivity index (χ4v) is 0.693. The van der Waals surface area contributed by atoms with E-state index in [1.54, 1.807) is 6.08 Å². The van der Waals surface area contributed by atoms with Crippen LogP contribution in [0.15, 0.2) is 12.7 Å². The standard InChI is InChI=1S/C6H10O2/c1-3-4-6(7)5(2)8-6/h3,5,7H,1,4H2,2H3. The molecule has 8 heavy (non-hydrogen) atoms. The molecular formula is C6H10O2. The van der Waals surface area contributed by atoms with Gasteiger partial charge >= 0.3 is 0 Å². The van der Waals surface area contributed by atoms with Crippen LogP contribution in [-0.2, 0) is 4.74 Å². The lowest BCUT2D eigenvalue weighted by Crippen LogP contribution is -2.09. The highest BCUT2D eigenvalue weighted by molar-refractivity contribution is 4.94. The van der Waals surface area contributed by atoms with Crippen LogP contribution in [0, 0.1) is 0 Å². The van der Waals surface area contributed by atoms with E-state index in [9.17, 15) is 0 Å². The van der Waals surface area contributed by atoms with Crippen LogP contribution in [0.5, 0.6) is 0 Å². The Hall–Kier alpha value is -0.340. The Morgan fingerprint density at radius 1 is 2.00 bits per heavy atom. The van der Waals surface area contributed by atoms with Crippen molar-refractivity contribution in [2.24, 2.45) is 0 Å². The second-order valence-corrected chi connectivity index (χ2v) is 2.10. The topological polar surface area (TPSA) is 32.8 Å². The van der Waals surface area contributed by atoms with Gasteiger partial charge in [-0.15, -0.1) is 6.58 Å². The van der Waals surface area contributed by atoms with Gasteiger partial charge in [-0.1, -0.05) is 6.08 Å². The number of epoxide rings is 1. The van der Waals surface area contributed by atoms with Gasteiger partial charge < -0.3 is 9.84 Å². The first-order valence-electron chi connectivity index (χ1n) is 2.70. The molecule has 1 rings (SSSR count). The molecule has 46 valence electrons. The average Bonchev–Trinajstić information content (AvgIpc) is 2.16. The Labute approximate surface area is 48.8 Å². The van der Waals surface area contributed by atoms with Crippen molar-refractivity contribution in [3.05, 3.63) is 12.7 Å². The smallest absolute Gasteiger partial charge is 0.196 e. The monoisotopic (exact) mass is 114 g/mol. The van der Waals surface area contributed by atoms with Crippen LogP contribution in [-0.4, -0.2) is 17.0 Å². The average molecular weight is 114 g/mol. The number of hydrogen-bond donors (Lipinski definition) is 1. The first-order valence-corrected chi connectivity index (χ1v) is 2.70. The third kappa shape index (κ3) is 0.767. The first kappa shape index (κ1) is 5.79. The number of ether oxygens (including phenoxy) is 1. The van der Waals surface area contributed by atoms with Gasteiger partial charge in [0.15, 0.2) is 5.79 Å². The van der Waals surface area contributed by atoms with Crippen LogP contribution in [0.2, 0.25) is 0 Å². The van der Waals surface area contributed by atoms with E-state index in [0.29, 0.717) is 6.42 Å². The number of rotatable bonds is 2. The molecule has 1 fully saturated rings. The van der Waals surface area contributed by atoms with Crippen molar-refractivity contribution in [2.75, 3.05) is 0 Å². The molecule has 0 aromatic rings. The molecule has 1 aliphatic rings. The summed E-state index contributed by atoms with van der Waals surface area (Å²) in [5.41, 5.74) is 0. The van der Waals surface area contributed by atoms with Gasteiger partial charge in [0, 0.05) is 6.42 Å². The van der Waals surface area contributed by atoms with Crippen LogP contribution in [0.1, 0.15) is 13.3 Å². The molecule has 0 aliphatic carbocycles. The van der Waals surface area contributed by atoms with Gasteiger partial charge in [-0.2, -0.15) is 0 Å². The summed E-state index contributed by atoms with van der Waals surface area (Å²) in [6.07, 6.45) is 2.19. The van der Waals surface area contributed by atoms with E-state index in [2.05, 4.69) is 6.58 Å². The summed E-state index contributed by atoms with van der Waals surface area (Å²) in [4.78, 5) is 0. The summed E-state index contributed by atoms with van der Waals surface area (Å²) in [5, 5.41) is 9.10. The molecule has 2 nitrogen and oxygen atoms in total. The molecule has 0 amide bonds. The summed E-state index contributed by atoms with van der Waals surface area (Å²) in [5.74, 6) is -0.859. The van der Waals surface area contributed by atoms with Crippen molar-refractivity contribution in [2.45, 2.75) is 25.2 Å². The van der Waals surface area contributed by atoms with Gasteiger partial charge in [0.05, 0.1) is 0 Å². The maximum atomic E-state index is 9.10. The summed E-state index contributed by atoms with van der Waals surface area (Å²) in [6.45, 7) is 5.32. The largest absolute Gasteiger partial charge is 0.363 e. The molecule has 1 aliphatic heterocycles. The van der Waals surface area contributed by atoms with Gasteiger partial charge in [0.1, 0.15) is 6.10 Å². The van der Waals surface area contributed by atoms with Gasteiger partial charge in [0.25, 0.3) is 0 Å². The zero-order valence-electron chi connectivity index (χ0n) is 4.92. The zero-order valence-corrected chi connectivity index (χ0v) is 4.92. The Balaban J connectivity index is 2.35. The second-order valence-electron chi connectivity index (χ2n) is 2.10. The van der Waals surface area contributed by atoms with Gasteiger partial charge in [-0.25, -0.2) is 0 Å². The normalized spacial score (nSPS) is 44.0. The van der Waals surface area contributed by atoms with Crippen molar-refractivity contribution in [3.8, 4) is 0 Å². The summed E-state index contributed by atoms with van der Waals surface area (Å²) < 4.78 is 4.83. The van der Waals surface area contributed by atoms with E-state index in [1.165, 1.54) is 0 Å². The highest BCUT2D eigenvalue weighted by Crippen LogP contribution is 2.36. The molecule has 2 heteroatoms. The van der Waals surface area contributed by atoms with Crippen LogP contribution in [0.3, 0.4) is 0 Å². The van der Waals surface area contributed by atoms with Crippen LogP contribution in [0.25, 0.3) is 0 Å². The van der Waals surface area contributed by atoms with E-state index in [-0.39, 0.29) is 6.10 Å². The fraction of sp³-hybridized carbons (Fsp3) is 0.667. The minimum Gasteiger partial charge on any atom is -0.363 e. The minimum absolute atomic E-state index is 0.000463. The SMILES string of the molecule is C=CCC1(O)OC1C. The van der Waals surface area contributed by atoms with Crippen LogP contribution in [0.4, 0.5) is 0 Å². The maximum Gasteiger partial charge on any atom is 0.196 e. The highest BCUT2D eigenvalue weighted by atomic mass is 16.7. The van der Waals surface area contributed by atoms with Crippen LogP contribution < -0.4 is 0 Å². The van der Waals surface area contributed by atoms with E-state index >= 15 is 0 Å². The van der Waals surface area contributed by atoms with E-state index in [1.807, 2.05) is 6.92 Å². The van der Waals surface area contributed by atoms with Gasteiger partial charge in [0.2, 0.25) is 0 Å². The molecule has 2 atom stereocenters. The third-order valence-electron chi connectivity index (χ3n) is 1.40.